The van der Waals surface area contributed by atoms with E-state index in [2.05, 4.69) is 5.32 Å². The van der Waals surface area contributed by atoms with Crippen molar-refractivity contribution in [1.82, 2.24) is 0 Å². The molecule has 0 saturated carbocycles. The molecule has 2 nitrogen and oxygen atoms in total. The molecule has 0 amide bonds. The third-order valence-electron chi connectivity index (χ3n) is 3.67. The van der Waals surface area contributed by atoms with E-state index in [-0.39, 0.29) is 12.4 Å². The van der Waals surface area contributed by atoms with Crippen molar-refractivity contribution in [3.8, 4) is 5.75 Å². The Kier molecular flexibility index (Phi) is 6.25. The lowest BCUT2D eigenvalue weighted by Crippen LogP contribution is -2.01. The van der Waals surface area contributed by atoms with E-state index in [1.54, 1.807) is 24.3 Å². The van der Waals surface area contributed by atoms with Gasteiger partial charge >= 0.3 is 0 Å². The zero-order valence-electron chi connectivity index (χ0n) is 13.6. The molecule has 0 atom stereocenters. The third-order valence-corrected chi connectivity index (χ3v) is 4.48. The summed E-state index contributed by atoms with van der Waals surface area (Å²) in [6.07, 6.45) is 0. The first-order valence-corrected chi connectivity index (χ1v) is 8.99. The molecule has 26 heavy (non-hydrogen) atoms. The van der Waals surface area contributed by atoms with Crippen molar-refractivity contribution in [1.29, 1.82) is 0 Å². The number of nitrogens with one attached hydrogen (secondary N) is 1. The molecule has 134 valence electrons. The molecule has 0 aromatic heterocycles. The van der Waals surface area contributed by atoms with Crippen LogP contribution in [0, 0.1) is 5.82 Å². The highest BCUT2D eigenvalue weighted by Crippen LogP contribution is 2.35. The van der Waals surface area contributed by atoms with Crippen LogP contribution in [-0.2, 0) is 13.2 Å². The summed E-state index contributed by atoms with van der Waals surface area (Å²) < 4.78 is 18.9. The number of hydrogen-bond acceptors (Lipinski definition) is 2. The Bertz CT molecular complexity index is 877. The van der Waals surface area contributed by atoms with E-state index in [0.29, 0.717) is 32.9 Å². The lowest BCUT2D eigenvalue weighted by Gasteiger charge is -2.13. The first kappa shape index (κ1) is 18.8. The number of ether oxygens (including phenoxy) is 1. The molecule has 0 aliphatic carbocycles. The summed E-state index contributed by atoms with van der Waals surface area (Å²) in [4.78, 5) is 0. The Morgan fingerprint density at radius 3 is 2.19 bits per heavy atom. The largest absolute Gasteiger partial charge is 0.486 e. The molecule has 3 aromatic rings. The lowest BCUT2D eigenvalue weighted by molar-refractivity contribution is 0.306. The SMILES string of the molecule is Fc1cccc(COc2c(Cl)cc(CNc3ccc(Cl)cc3)cc2Cl)c1. The van der Waals surface area contributed by atoms with Gasteiger partial charge in [-0.05, 0) is 59.7 Å². The molecule has 0 heterocycles. The zero-order chi connectivity index (χ0) is 18.5. The molecule has 3 rings (SSSR count). The summed E-state index contributed by atoms with van der Waals surface area (Å²) in [6.45, 7) is 0.727. The predicted octanol–water partition coefficient (Wildman–Crippen LogP) is 6.98. The van der Waals surface area contributed by atoms with Crippen molar-refractivity contribution < 1.29 is 9.13 Å². The van der Waals surface area contributed by atoms with Crippen LogP contribution < -0.4 is 10.1 Å². The van der Waals surface area contributed by atoms with Gasteiger partial charge in [-0.3, -0.25) is 0 Å². The van der Waals surface area contributed by atoms with Gasteiger partial charge in [0.2, 0.25) is 0 Å². The molecule has 0 aliphatic heterocycles. The summed E-state index contributed by atoms with van der Waals surface area (Å²) in [7, 11) is 0. The van der Waals surface area contributed by atoms with Gasteiger partial charge in [-0.1, -0.05) is 46.9 Å². The van der Waals surface area contributed by atoms with Crippen molar-refractivity contribution in [3.63, 3.8) is 0 Å². The van der Waals surface area contributed by atoms with Gasteiger partial charge in [-0.15, -0.1) is 0 Å². The number of hydrogen-bond donors (Lipinski definition) is 1. The lowest BCUT2D eigenvalue weighted by atomic mass is 10.2. The Morgan fingerprint density at radius 1 is 0.846 bits per heavy atom. The number of halogens is 4. The van der Waals surface area contributed by atoms with Crippen molar-refractivity contribution in [3.05, 3.63) is 92.7 Å². The first-order chi connectivity index (χ1) is 12.5. The molecule has 0 bridgehead atoms. The van der Waals surface area contributed by atoms with Crippen LogP contribution in [0.4, 0.5) is 10.1 Å². The second kappa shape index (κ2) is 8.63. The maximum atomic E-state index is 13.2. The van der Waals surface area contributed by atoms with Gasteiger partial charge in [-0.25, -0.2) is 4.39 Å². The highest BCUT2D eigenvalue weighted by atomic mass is 35.5. The maximum Gasteiger partial charge on any atom is 0.156 e. The molecule has 0 fully saturated rings. The van der Waals surface area contributed by atoms with E-state index in [9.17, 15) is 4.39 Å². The van der Waals surface area contributed by atoms with Gasteiger partial charge in [0, 0.05) is 17.3 Å². The minimum absolute atomic E-state index is 0.180. The molecule has 0 unspecified atom stereocenters. The topological polar surface area (TPSA) is 21.3 Å². The van der Waals surface area contributed by atoms with Gasteiger partial charge < -0.3 is 10.1 Å². The van der Waals surface area contributed by atoms with E-state index < -0.39 is 0 Å². The smallest absolute Gasteiger partial charge is 0.156 e. The number of rotatable bonds is 6. The summed E-state index contributed by atoms with van der Waals surface area (Å²) >= 11 is 18.5. The molecular weight excluding hydrogens is 396 g/mol. The fourth-order valence-electron chi connectivity index (χ4n) is 2.41. The number of anilines is 1. The van der Waals surface area contributed by atoms with E-state index in [1.807, 2.05) is 24.3 Å². The fourth-order valence-corrected chi connectivity index (χ4v) is 3.17. The predicted molar refractivity (Wildman–Crippen MR) is 106 cm³/mol. The highest BCUT2D eigenvalue weighted by Gasteiger charge is 2.10. The van der Waals surface area contributed by atoms with Gasteiger partial charge in [0.15, 0.2) is 5.75 Å². The van der Waals surface area contributed by atoms with Crippen LogP contribution in [0.2, 0.25) is 15.1 Å². The Hall–Kier alpha value is -1.94. The van der Waals surface area contributed by atoms with Crippen LogP contribution in [0.3, 0.4) is 0 Å². The molecule has 0 radical (unpaired) electrons. The average Bonchev–Trinajstić information content (AvgIpc) is 2.60. The van der Waals surface area contributed by atoms with Crippen molar-refractivity contribution in [2.45, 2.75) is 13.2 Å². The quantitative estimate of drug-likeness (QED) is 0.473. The average molecular weight is 411 g/mol. The van der Waals surface area contributed by atoms with Crippen LogP contribution >= 0.6 is 34.8 Å². The van der Waals surface area contributed by atoms with Gasteiger partial charge in [0.25, 0.3) is 0 Å². The fraction of sp³-hybridized carbons (Fsp3) is 0.100. The van der Waals surface area contributed by atoms with Crippen molar-refractivity contribution >= 4 is 40.5 Å². The van der Waals surface area contributed by atoms with Gasteiger partial charge in [-0.2, -0.15) is 0 Å². The second-order valence-corrected chi connectivity index (χ2v) is 6.92. The molecule has 0 aliphatic rings. The molecule has 1 N–H and O–H groups in total. The normalized spacial score (nSPS) is 10.6. The Balaban J connectivity index is 1.66. The first-order valence-electron chi connectivity index (χ1n) is 7.86. The highest BCUT2D eigenvalue weighted by molar-refractivity contribution is 6.37. The van der Waals surface area contributed by atoms with Crippen molar-refractivity contribution in [2.24, 2.45) is 0 Å². The van der Waals surface area contributed by atoms with Gasteiger partial charge in [0.05, 0.1) is 10.0 Å². The molecule has 3 aromatic carbocycles. The van der Waals surface area contributed by atoms with Crippen LogP contribution in [0.1, 0.15) is 11.1 Å². The molecule has 0 spiro atoms. The summed E-state index contributed by atoms with van der Waals surface area (Å²) in [5, 5.41) is 4.76. The minimum Gasteiger partial charge on any atom is -0.486 e. The summed E-state index contributed by atoms with van der Waals surface area (Å²) in [6, 6.07) is 17.2. The van der Waals surface area contributed by atoms with Crippen LogP contribution in [0.15, 0.2) is 60.7 Å². The van der Waals surface area contributed by atoms with Crippen molar-refractivity contribution in [2.75, 3.05) is 5.32 Å². The molecular formula is C20H15Cl3FNO. The molecule has 0 saturated heterocycles. The third kappa shape index (κ3) is 5.04. The standard InChI is InChI=1S/C20H15Cl3FNO/c21-15-4-6-17(7-5-15)25-11-14-9-18(22)20(19(23)10-14)26-12-13-2-1-3-16(24)8-13/h1-10,25H,11-12H2. The zero-order valence-corrected chi connectivity index (χ0v) is 15.9. The summed E-state index contributed by atoms with van der Waals surface area (Å²) in [5.41, 5.74) is 2.55. The van der Waals surface area contributed by atoms with Crippen LogP contribution in [-0.4, -0.2) is 0 Å². The van der Waals surface area contributed by atoms with E-state index in [4.69, 9.17) is 39.5 Å². The number of benzene rings is 3. The Labute approximate surface area is 166 Å². The van der Waals surface area contributed by atoms with Crippen LogP contribution in [0.25, 0.3) is 0 Å². The van der Waals surface area contributed by atoms with Gasteiger partial charge in [0.1, 0.15) is 12.4 Å². The van der Waals surface area contributed by atoms with E-state index >= 15 is 0 Å². The second-order valence-electron chi connectivity index (χ2n) is 5.67. The monoisotopic (exact) mass is 409 g/mol. The van der Waals surface area contributed by atoms with E-state index in [1.165, 1.54) is 12.1 Å². The van der Waals surface area contributed by atoms with Crippen LogP contribution in [0.5, 0.6) is 5.75 Å². The Morgan fingerprint density at radius 2 is 1.54 bits per heavy atom. The molecule has 6 heteroatoms. The maximum absolute atomic E-state index is 13.2. The van der Waals surface area contributed by atoms with E-state index in [0.717, 1.165) is 11.3 Å². The minimum atomic E-state index is -0.313. The summed E-state index contributed by atoms with van der Waals surface area (Å²) in [5.74, 6) is 0.0692.